The SMILES string of the molecule is Cc1c(C(=O)Nc2cc(C(F)(F)F)ccc2N2CCCCC2)cnn1-c1ccc(=O)[nH]n1. The quantitative estimate of drug-likeness (QED) is 0.639. The van der Waals surface area contributed by atoms with Crippen LogP contribution < -0.4 is 15.8 Å². The van der Waals surface area contributed by atoms with E-state index < -0.39 is 17.6 Å². The van der Waals surface area contributed by atoms with Gasteiger partial charge in [-0.2, -0.15) is 23.4 Å². The van der Waals surface area contributed by atoms with Gasteiger partial charge in [-0.15, -0.1) is 0 Å². The number of hydrogen-bond donors (Lipinski definition) is 2. The highest BCUT2D eigenvalue weighted by molar-refractivity contribution is 6.06. The molecule has 1 amide bonds. The Morgan fingerprint density at radius 1 is 1.12 bits per heavy atom. The van der Waals surface area contributed by atoms with E-state index in [1.165, 1.54) is 29.1 Å². The summed E-state index contributed by atoms with van der Waals surface area (Å²) in [6.45, 7) is 3.05. The van der Waals surface area contributed by atoms with Crippen LogP contribution in [0.15, 0.2) is 41.3 Å². The average molecular weight is 446 g/mol. The van der Waals surface area contributed by atoms with Gasteiger partial charge in [0.05, 0.1) is 34.4 Å². The van der Waals surface area contributed by atoms with E-state index in [9.17, 15) is 22.8 Å². The van der Waals surface area contributed by atoms with E-state index in [0.717, 1.165) is 31.4 Å². The predicted molar refractivity (Wildman–Crippen MR) is 112 cm³/mol. The predicted octanol–water partition coefficient (Wildman–Crippen LogP) is 3.53. The average Bonchev–Trinajstić information content (AvgIpc) is 3.15. The molecule has 0 radical (unpaired) electrons. The highest BCUT2D eigenvalue weighted by Crippen LogP contribution is 2.36. The fourth-order valence-electron chi connectivity index (χ4n) is 3.73. The lowest BCUT2D eigenvalue weighted by Crippen LogP contribution is -2.30. The molecule has 0 aliphatic carbocycles. The van der Waals surface area contributed by atoms with Gasteiger partial charge in [0.15, 0.2) is 5.82 Å². The first-order valence-electron chi connectivity index (χ1n) is 10.1. The van der Waals surface area contributed by atoms with Crippen LogP contribution in [-0.4, -0.2) is 39.0 Å². The number of alkyl halides is 3. The molecule has 1 saturated heterocycles. The molecule has 1 fully saturated rings. The molecule has 32 heavy (non-hydrogen) atoms. The fraction of sp³-hybridized carbons (Fsp3) is 0.333. The first-order valence-corrected chi connectivity index (χ1v) is 10.1. The maximum absolute atomic E-state index is 13.3. The Hall–Kier alpha value is -3.63. The van der Waals surface area contributed by atoms with Crippen molar-refractivity contribution in [1.82, 2.24) is 20.0 Å². The largest absolute Gasteiger partial charge is 0.416 e. The molecule has 0 spiro atoms. The molecule has 11 heteroatoms. The molecule has 0 atom stereocenters. The number of hydrogen-bond acceptors (Lipinski definition) is 5. The van der Waals surface area contributed by atoms with E-state index >= 15 is 0 Å². The number of halogens is 3. The van der Waals surface area contributed by atoms with Gasteiger partial charge in [0.2, 0.25) is 0 Å². The van der Waals surface area contributed by atoms with Gasteiger partial charge < -0.3 is 10.2 Å². The number of carbonyl (C=O) groups excluding carboxylic acids is 1. The Morgan fingerprint density at radius 2 is 1.88 bits per heavy atom. The van der Waals surface area contributed by atoms with Crippen molar-refractivity contribution in [3.8, 4) is 5.82 Å². The molecule has 1 aliphatic rings. The molecule has 168 valence electrons. The lowest BCUT2D eigenvalue weighted by atomic mass is 10.1. The maximum Gasteiger partial charge on any atom is 0.416 e. The van der Waals surface area contributed by atoms with Crippen LogP contribution in [0.1, 0.15) is 40.9 Å². The Bertz CT molecular complexity index is 1170. The summed E-state index contributed by atoms with van der Waals surface area (Å²) >= 11 is 0. The first kappa shape index (κ1) is 21.6. The van der Waals surface area contributed by atoms with Crippen molar-refractivity contribution in [1.29, 1.82) is 0 Å². The smallest absolute Gasteiger partial charge is 0.370 e. The van der Waals surface area contributed by atoms with E-state index in [2.05, 4.69) is 20.6 Å². The van der Waals surface area contributed by atoms with Gasteiger partial charge in [0.1, 0.15) is 0 Å². The monoisotopic (exact) mass is 446 g/mol. The van der Waals surface area contributed by atoms with Crippen LogP contribution in [0.25, 0.3) is 5.82 Å². The number of nitrogens with zero attached hydrogens (tertiary/aromatic N) is 4. The maximum atomic E-state index is 13.3. The molecule has 4 rings (SSSR count). The number of amides is 1. The van der Waals surface area contributed by atoms with Crippen molar-refractivity contribution in [2.45, 2.75) is 32.4 Å². The summed E-state index contributed by atoms with van der Waals surface area (Å²) in [7, 11) is 0. The minimum Gasteiger partial charge on any atom is -0.370 e. The van der Waals surface area contributed by atoms with Crippen LogP contribution in [0.5, 0.6) is 0 Å². The van der Waals surface area contributed by atoms with Crippen LogP contribution in [0.3, 0.4) is 0 Å². The zero-order valence-electron chi connectivity index (χ0n) is 17.2. The summed E-state index contributed by atoms with van der Waals surface area (Å²) < 4.78 is 41.3. The number of aromatic amines is 1. The highest BCUT2D eigenvalue weighted by atomic mass is 19.4. The molecule has 0 unspecified atom stereocenters. The van der Waals surface area contributed by atoms with Crippen molar-refractivity contribution in [3.63, 3.8) is 0 Å². The number of piperidine rings is 1. The number of rotatable bonds is 4. The normalized spacial score (nSPS) is 14.4. The molecule has 0 saturated carbocycles. The molecule has 1 aliphatic heterocycles. The van der Waals surface area contributed by atoms with Gasteiger partial charge in [-0.1, -0.05) is 0 Å². The summed E-state index contributed by atoms with van der Waals surface area (Å²) in [6, 6.07) is 6.12. The summed E-state index contributed by atoms with van der Waals surface area (Å²) in [4.78, 5) is 26.2. The second-order valence-electron chi connectivity index (χ2n) is 7.57. The number of anilines is 2. The Kier molecular flexibility index (Phi) is 5.72. The molecule has 0 bridgehead atoms. The summed E-state index contributed by atoms with van der Waals surface area (Å²) in [6.07, 6.45) is -0.281. The van der Waals surface area contributed by atoms with Crippen molar-refractivity contribution in [2.75, 3.05) is 23.3 Å². The second kappa shape index (κ2) is 8.48. The van der Waals surface area contributed by atoms with Gasteiger partial charge in [0.25, 0.3) is 11.5 Å². The van der Waals surface area contributed by atoms with Gasteiger partial charge in [-0.25, -0.2) is 9.78 Å². The number of nitrogens with one attached hydrogen (secondary N) is 2. The number of H-pyrrole nitrogens is 1. The van der Waals surface area contributed by atoms with Crippen molar-refractivity contribution < 1.29 is 18.0 Å². The molecule has 8 nitrogen and oxygen atoms in total. The number of carbonyl (C=O) groups is 1. The van der Waals surface area contributed by atoms with Gasteiger partial charge in [-0.05, 0) is 50.5 Å². The molecule has 1 aromatic carbocycles. The fourth-order valence-corrected chi connectivity index (χ4v) is 3.73. The minimum atomic E-state index is -4.53. The van der Waals surface area contributed by atoms with Gasteiger partial charge in [0, 0.05) is 19.2 Å². The summed E-state index contributed by atoms with van der Waals surface area (Å²) in [5.41, 5.74) is 0.0396. The summed E-state index contributed by atoms with van der Waals surface area (Å²) in [5.74, 6) is -0.287. The van der Waals surface area contributed by atoms with Crippen molar-refractivity contribution >= 4 is 17.3 Å². The van der Waals surface area contributed by atoms with Crippen LogP contribution in [0.2, 0.25) is 0 Å². The van der Waals surface area contributed by atoms with Gasteiger partial charge in [-0.3, -0.25) is 9.59 Å². The van der Waals surface area contributed by atoms with Gasteiger partial charge >= 0.3 is 6.18 Å². The Morgan fingerprint density at radius 3 is 2.53 bits per heavy atom. The molecule has 3 heterocycles. The molecule has 2 N–H and O–H groups in total. The van der Waals surface area contributed by atoms with E-state index in [1.807, 2.05) is 4.90 Å². The van der Waals surface area contributed by atoms with Crippen LogP contribution in [0, 0.1) is 6.92 Å². The molecular weight excluding hydrogens is 425 g/mol. The zero-order chi connectivity index (χ0) is 22.9. The zero-order valence-corrected chi connectivity index (χ0v) is 17.2. The third-order valence-corrected chi connectivity index (χ3v) is 5.40. The molecule has 3 aromatic rings. The Balaban J connectivity index is 1.66. The highest BCUT2D eigenvalue weighted by Gasteiger charge is 2.32. The minimum absolute atomic E-state index is 0.0982. The third kappa shape index (κ3) is 4.36. The number of benzene rings is 1. The van der Waals surface area contributed by atoms with Crippen molar-refractivity contribution in [2.24, 2.45) is 0 Å². The van der Waals surface area contributed by atoms with E-state index in [4.69, 9.17) is 0 Å². The van der Waals surface area contributed by atoms with Crippen LogP contribution >= 0.6 is 0 Å². The standard InChI is InChI=1S/C21H21F3N6O2/c1-13-15(12-25-30(13)18-7-8-19(31)28-27-18)20(32)26-16-11-14(21(22,23)24)5-6-17(16)29-9-3-2-4-10-29/h5-8,11-12H,2-4,9-10H2,1H3,(H,26,32)(H,28,31). The number of aromatic nitrogens is 4. The Labute approximate surface area is 181 Å². The van der Waals surface area contributed by atoms with E-state index in [1.54, 1.807) is 6.92 Å². The van der Waals surface area contributed by atoms with Crippen LogP contribution in [-0.2, 0) is 6.18 Å². The van der Waals surface area contributed by atoms with E-state index in [0.29, 0.717) is 30.3 Å². The summed E-state index contributed by atoms with van der Waals surface area (Å²) in [5, 5.41) is 12.9. The lowest BCUT2D eigenvalue weighted by molar-refractivity contribution is -0.137. The van der Waals surface area contributed by atoms with E-state index in [-0.39, 0.29) is 16.8 Å². The lowest BCUT2D eigenvalue weighted by Gasteiger charge is -2.31. The third-order valence-electron chi connectivity index (χ3n) is 5.40. The first-order chi connectivity index (χ1) is 15.2. The molecular formula is C21H21F3N6O2. The van der Waals surface area contributed by atoms with Crippen LogP contribution in [0.4, 0.5) is 24.5 Å². The second-order valence-corrected chi connectivity index (χ2v) is 7.57. The molecule has 2 aromatic heterocycles. The topological polar surface area (TPSA) is 95.9 Å². The van der Waals surface area contributed by atoms with Crippen molar-refractivity contribution in [3.05, 3.63) is 63.7 Å².